The molecule has 2 saturated heterocycles. The summed E-state index contributed by atoms with van der Waals surface area (Å²) >= 11 is 0. The first-order valence-corrected chi connectivity index (χ1v) is 23.1. The molecule has 0 saturated carbocycles. The summed E-state index contributed by atoms with van der Waals surface area (Å²) in [4.78, 5) is 5.34. The summed E-state index contributed by atoms with van der Waals surface area (Å²) < 4.78 is 0. The average molecular weight is 1010 g/mol. The molecule has 6 aromatic carbocycles. The van der Waals surface area contributed by atoms with Gasteiger partial charge in [-0.05, 0) is 123 Å². The van der Waals surface area contributed by atoms with Crippen molar-refractivity contribution in [1.29, 1.82) is 0 Å². The van der Waals surface area contributed by atoms with E-state index in [9.17, 15) is 0 Å². The van der Waals surface area contributed by atoms with Crippen molar-refractivity contribution >= 4 is 0 Å². The Kier molecular flexibility index (Phi) is 28.9. The molecule has 0 aromatic heterocycles. The van der Waals surface area contributed by atoms with Crippen molar-refractivity contribution in [2.45, 2.75) is 88.9 Å². The molecule has 2 heterocycles. The van der Waals surface area contributed by atoms with Crippen LogP contribution >= 0.6 is 0 Å². The van der Waals surface area contributed by atoms with Crippen LogP contribution in [0.25, 0.3) is 0 Å². The molecule has 2 aliphatic heterocycles. The maximum Gasteiger partial charge on any atom is 0.0319 e. The van der Waals surface area contributed by atoms with Crippen molar-refractivity contribution in [2.75, 3.05) is 46.4 Å². The van der Waals surface area contributed by atoms with Gasteiger partial charge in [-0.2, -0.15) is 13.8 Å². The molecule has 2 aliphatic rings. The topological polar surface area (TPSA) is 26.7 Å². The minimum Gasteiger partial charge on any atom is -0.400 e. The van der Waals surface area contributed by atoms with E-state index in [0.29, 0.717) is 0 Å². The molecular formula is C59H76N2OY2-2. The molecular weight excluding hydrogens is 930 g/mol. The summed E-state index contributed by atoms with van der Waals surface area (Å²) in [5.41, 5.74) is 8.81. The van der Waals surface area contributed by atoms with E-state index in [0.717, 1.165) is 44.9 Å². The minimum atomic E-state index is 0. The second-order valence-corrected chi connectivity index (χ2v) is 16.7. The van der Waals surface area contributed by atoms with Crippen LogP contribution in [-0.4, -0.2) is 61.3 Å². The zero-order chi connectivity index (χ0) is 44.5. The van der Waals surface area contributed by atoms with Gasteiger partial charge >= 0.3 is 0 Å². The normalized spacial score (nSPS) is 14.4. The van der Waals surface area contributed by atoms with Crippen molar-refractivity contribution in [1.82, 2.24) is 9.80 Å². The molecule has 3 nitrogen and oxygen atoms in total. The number of piperidine rings is 2. The molecule has 2 radical (unpaired) electrons. The number of aliphatic hydroxyl groups excluding tert-OH is 1. The quantitative estimate of drug-likeness (QED) is 0.124. The number of aliphatic hydroxyl groups is 1. The van der Waals surface area contributed by atoms with E-state index < -0.39 is 0 Å². The van der Waals surface area contributed by atoms with Crippen molar-refractivity contribution in [3.05, 3.63) is 229 Å². The van der Waals surface area contributed by atoms with E-state index in [1.165, 1.54) is 85.2 Å². The molecule has 0 amide bonds. The van der Waals surface area contributed by atoms with E-state index in [4.69, 9.17) is 5.11 Å². The molecule has 6 aromatic rings. The maximum atomic E-state index is 7.00. The Balaban J connectivity index is 0.000000384. The van der Waals surface area contributed by atoms with Crippen LogP contribution < -0.4 is 0 Å². The Hall–Kier alpha value is -2.59. The van der Waals surface area contributed by atoms with Gasteiger partial charge in [-0.1, -0.05) is 196 Å². The Morgan fingerprint density at radius 1 is 0.391 bits per heavy atom. The second kappa shape index (κ2) is 32.2. The molecule has 336 valence electrons. The Bertz CT molecular complexity index is 1760. The molecule has 0 spiro atoms. The largest absolute Gasteiger partial charge is 0.400 e. The smallest absolute Gasteiger partial charge is 0.0319 e. The van der Waals surface area contributed by atoms with E-state index in [1.54, 1.807) is 13.8 Å². The molecule has 8 rings (SSSR count). The number of hydrogen-bond acceptors (Lipinski definition) is 3. The number of likely N-dealkylation sites (tertiary alicyclic amines) is 2. The van der Waals surface area contributed by atoms with Gasteiger partial charge in [0.15, 0.2) is 0 Å². The number of rotatable bonds is 12. The third-order valence-electron chi connectivity index (χ3n) is 13.2. The predicted octanol–water partition coefficient (Wildman–Crippen LogP) is 13.8. The second-order valence-electron chi connectivity index (χ2n) is 16.7. The first kappa shape index (κ1) is 57.5. The Morgan fingerprint density at radius 3 is 0.812 bits per heavy atom. The Labute approximate surface area is 440 Å². The van der Waals surface area contributed by atoms with Crippen LogP contribution in [-0.2, 0) is 76.2 Å². The molecule has 0 bridgehead atoms. The summed E-state index contributed by atoms with van der Waals surface area (Å²) in [6.07, 6.45) is 7.40. The minimum absolute atomic E-state index is 0. The first-order valence-electron chi connectivity index (χ1n) is 23.1. The van der Waals surface area contributed by atoms with Crippen LogP contribution in [0.3, 0.4) is 0 Å². The van der Waals surface area contributed by atoms with Gasteiger partial charge in [-0.3, -0.25) is 0 Å². The van der Waals surface area contributed by atoms with Crippen LogP contribution in [0.2, 0.25) is 0 Å². The van der Waals surface area contributed by atoms with Crippen molar-refractivity contribution in [2.24, 2.45) is 0 Å². The van der Waals surface area contributed by atoms with Gasteiger partial charge in [0.1, 0.15) is 0 Å². The standard InChI is InChI=1S/2C27H31N.2C2H5.CH4O.2Y/c2*1-27(25-13-7-3-8-14-25,26-15-9-4-10-16-26)19-22-28-20-17-24(18-21-28)23-11-5-2-6-12-23;3*1-2;;/h2*2-16,24H,17-22H2,1H3;2*1H2,2H3;2H,1H3;;/q;;2*-1;;;. The van der Waals surface area contributed by atoms with Crippen molar-refractivity contribution < 1.29 is 70.5 Å². The summed E-state index contributed by atoms with van der Waals surface area (Å²) in [6, 6.07) is 66.2. The fourth-order valence-corrected chi connectivity index (χ4v) is 9.33. The van der Waals surface area contributed by atoms with Gasteiger partial charge in [0, 0.05) is 83.4 Å². The van der Waals surface area contributed by atoms with Gasteiger partial charge in [-0.25, -0.2) is 0 Å². The number of benzene rings is 6. The monoisotopic (exact) mass is 1010 g/mol. The van der Waals surface area contributed by atoms with Crippen LogP contribution in [0.4, 0.5) is 0 Å². The van der Waals surface area contributed by atoms with Gasteiger partial charge in [0.25, 0.3) is 0 Å². The zero-order valence-electron chi connectivity index (χ0n) is 39.9. The van der Waals surface area contributed by atoms with Crippen LogP contribution in [0.5, 0.6) is 0 Å². The van der Waals surface area contributed by atoms with E-state index in [2.05, 4.69) is 219 Å². The van der Waals surface area contributed by atoms with Crippen LogP contribution in [0.1, 0.15) is 111 Å². The molecule has 0 unspecified atom stereocenters. The maximum absolute atomic E-state index is 7.00. The first-order chi connectivity index (χ1) is 30.5. The van der Waals surface area contributed by atoms with Crippen molar-refractivity contribution in [3.63, 3.8) is 0 Å². The molecule has 2 fully saturated rings. The predicted molar refractivity (Wildman–Crippen MR) is 268 cm³/mol. The fraction of sp³-hybridized carbons (Fsp3) is 0.356. The van der Waals surface area contributed by atoms with Gasteiger partial charge < -0.3 is 28.8 Å². The molecule has 64 heavy (non-hydrogen) atoms. The molecule has 0 aliphatic carbocycles. The van der Waals surface area contributed by atoms with E-state index >= 15 is 0 Å². The van der Waals surface area contributed by atoms with E-state index in [-0.39, 0.29) is 76.2 Å². The average Bonchev–Trinajstić information content (AvgIpc) is 3.39. The van der Waals surface area contributed by atoms with Gasteiger partial charge in [0.05, 0.1) is 0 Å². The summed E-state index contributed by atoms with van der Waals surface area (Å²) in [7, 11) is 1.00. The third-order valence-corrected chi connectivity index (χ3v) is 13.2. The van der Waals surface area contributed by atoms with Crippen LogP contribution in [0, 0.1) is 13.8 Å². The molecule has 0 atom stereocenters. The third kappa shape index (κ3) is 16.9. The summed E-state index contributed by atoms with van der Waals surface area (Å²) in [6.45, 7) is 22.0. The molecule has 1 N–H and O–H groups in total. The van der Waals surface area contributed by atoms with E-state index in [1.807, 2.05) is 0 Å². The number of nitrogens with zero attached hydrogens (tertiary/aromatic N) is 2. The zero-order valence-corrected chi connectivity index (χ0v) is 45.5. The van der Waals surface area contributed by atoms with Crippen molar-refractivity contribution in [3.8, 4) is 0 Å². The van der Waals surface area contributed by atoms with Gasteiger partial charge in [0.2, 0.25) is 0 Å². The van der Waals surface area contributed by atoms with Gasteiger partial charge in [-0.15, -0.1) is 0 Å². The number of hydrogen-bond donors (Lipinski definition) is 1. The fourth-order valence-electron chi connectivity index (χ4n) is 9.33. The summed E-state index contributed by atoms with van der Waals surface area (Å²) in [5, 5.41) is 7.00. The molecule has 5 heteroatoms. The Morgan fingerprint density at radius 2 is 0.594 bits per heavy atom. The van der Waals surface area contributed by atoms with Crippen LogP contribution in [0.15, 0.2) is 182 Å². The SMILES string of the molecule is CC(CCN1CCC(c2ccccc2)CC1)(c1ccccc1)c1ccccc1.CC(CCN1CCC(c2ccccc2)CC1)(c1ccccc1)c1ccccc1.CO.[CH2-]C.[CH2-]C.[Y].[Y]. The summed E-state index contributed by atoms with van der Waals surface area (Å²) in [5.74, 6) is 1.46.